The van der Waals surface area contributed by atoms with Crippen LogP contribution in [0.5, 0.6) is 0 Å². The number of fused-ring (bicyclic) bond motifs is 1. The zero-order valence-electron chi connectivity index (χ0n) is 12.9. The van der Waals surface area contributed by atoms with E-state index >= 15 is 0 Å². The van der Waals surface area contributed by atoms with Gasteiger partial charge in [0.15, 0.2) is 0 Å². The summed E-state index contributed by atoms with van der Waals surface area (Å²) in [6.45, 7) is 9.91. The molecule has 0 saturated heterocycles. The van der Waals surface area contributed by atoms with Crippen molar-refractivity contribution in [2.75, 3.05) is 11.9 Å². The number of para-hydroxylation sites is 1. The molecule has 20 heavy (non-hydrogen) atoms. The van der Waals surface area contributed by atoms with E-state index < -0.39 is 0 Å². The molecule has 108 valence electrons. The fourth-order valence-corrected chi connectivity index (χ4v) is 2.77. The molecule has 3 heteroatoms. The van der Waals surface area contributed by atoms with Gasteiger partial charge in [-0.15, -0.1) is 0 Å². The van der Waals surface area contributed by atoms with Gasteiger partial charge < -0.3 is 5.32 Å². The Morgan fingerprint density at radius 2 is 1.95 bits per heavy atom. The van der Waals surface area contributed by atoms with Crippen LogP contribution in [0.25, 0.3) is 10.9 Å². The molecule has 0 amide bonds. The molecular formula is C17H24N2S. The van der Waals surface area contributed by atoms with Gasteiger partial charge in [-0.05, 0) is 18.6 Å². The summed E-state index contributed by atoms with van der Waals surface area (Å²) in [5, 5.41) is 4.69. The summed E-state index contributed by atoms with van der Waals surface area (Å²) in [5.41, 5.74) is 2.37. The van der Waals surface area contributed by atoms with Crippen molar-refractivity contribution in [3.05, 3.63) is 35.9 Å². The molecular weight excluding hydrogens is 264 g/mol. The highest BCUT2D eigenvalue weighted by Crippen LogP contribution is 2.31. The van der Waals surface area contributed by atoms with Crippen LogP contribution in [-0.4, -0.2) is 16.3 Å². The van der Waals surface area contributed by atoms with Gasteiger partial charge in [-0.25, -0.2) is 4.98 Å². The highest BCUT2D eigenvalue weighted by molar-refractivity contribution is 7.99. The SMILES string of the molecule is CCCNc1nc2ccccc2cc1CSC(C)(C)C. The molecule has 0 aliphatic rings. The maximum absolute atomic E-state index is 4.79. The highest BCUT2D eigenvalue weighted by atomic mass is 32.2. The summed E-state index contributed by atoms with van der Waals surface area (Å²) in [6.07, 6.45) is 1.11. The molecule has 0 atom stereocenters. The summed E-state index contributed by atoms with van der Waals surface area (Å²) in [4.78, 5) is 4.79. The third kappa shape index (κ3) is 4.14. The molecule has 2 rings (SSSR count). The summed E-state index contributed by atoms with van der Waals surface area (Å²) >= 11 is 1.96. The fraction of sp³-hybridized carbons (Fsp3) is 0.471. The Morgan fingerprint density at radius 1 is 1.20 bits per heavy atom. The van der Waals surface area contributed by atoms with Crippen molar-refractivity contribution in [3.63, 3.8) is 0 Å². The largest absolute Gasteiger partial charge is 0.370 e. The highest BCUT2D eigenvalue weighted by Gasteiger charge is 2.13. The van der Waals surface area contributed by atoms with Gasteiger partial charge in [0, 0.05) is 28.0 Å². The maximum Gasteiger partial charge on any atom is 0.130 e. The first-order chi connectivity index (χ1) is 9.49. The van der Waals surface area contributed by atoms with E-state index in [1.807, 2.05) is 17.8 Å². The van der Waals surface area contributed by atoms with Crippen LogP contribution in [-0.2, 0) is 5.75 Å². The van der Waals surface area contributed by atoms with E-state index in [4.69, 9.17) is 4.98 Å². The monoisotopic (exact) mass is 288 g/mol. The lowest BCUT2D eigenvalue weighted by Gasteiger charge is -2.19. The third-order valence-electron chi connectivity index (χ3n) is 3.01. The second-order valence-electron chi connectivity index (χ2n) is 6.02. The van der Waals surface area contributed by atoms with Crippen molar-refractivity contribution in [2.45, 2.75) is 44.6 Å². The molecule has 0 unspecified atom stereocenters. The van der Waals surface area contributed by atoms with Crippen LogP contribution in [0.2, 0.25) is 0 Å². The van der Waals surface area contributed by atoms with Crippen molar-refractivity contribution in [1.29, 1.82) is 0 Å². The van der Waals surface area contributed by atoms with Crippen LogP contribution in [0.4, 0.5) is 5.82 Å². The molecule has 0 fully saturated rings. The maximum atomic E-state index is 4.79. The Hall–Kier alpha value is -1.22. The van der Waals surface area contributed by atoms with E-state index in [9.17, 15) is 0 Å². The number of anilines is 1. The number of pyridine rings is 1. The minimum absolute atomic E-state index is 0.271. The molecule has 0 spiro atoms. The molecule has 1 aromatic carbocycles. The Bertz CT molecular complexity index is 573. The minimum Gasteiger partial charge on any atom is -0.370 e. The van der Waals surface area contributed by atoms with Gasteiger partial charge >= 0.3 is 0 Å². The van der Waals surface area contributed by atoms with Crippen LogP contribution >= 0.6 is 11.8 Å². The van der Waals surface area contributed by atoms with Crippen LogP contribution in [0.3, 0.4) is 0 Å². The third-order valence-corrected chi connectivity index (χ3v) is 4.33. The number of nitrogens with one attached hydrogen (secondary N) is 1. The molecule has 0 bridgehead atoms. The van der Waals surface area contributed by atoms with E-state index in [-0.39, 0.29) is 4.75 Å². The quantitative estimate of drug-likeness (QED) is 0.829. The molecule has 1 aromatic heterocycles. The van der Waals surface area contributed by atoms with Gasteiger partial charge in [-0.2, -0.15) is 11.8 Å². The van der Waals surface area contributed by atoms with E-state index in [0.717, 1.165) is 30.1 Å². The molecule has 0 radical (unpaired) electrons. The molecule has 1 heterocycles. The van der Waals surface area contributed by atoms with Gasteiger partial charge in [-0.3, -0.25) is 0 Å². The number of aromatic nitrogens is 1. The van der Waals surface area contributed by atoms with Gasteiger partial charge in [0.1, 0.15) is 5.82 Å². The predicted octanol–water partition coefficient (Wildman–Crippen LogP) is 5.09. The topological polar surface area (TPSA) is 24.9 Å². The average Bonchev–Trinajstić information content (AvgIpc) is 2.41. The summed E-state index contributed by atoms with van der Waals surface area (Å²) in [5.74, 6) is 2.04. The molecule has 2 nitrogen and oxygen atoms in total. The molecule has 0 aliphatic carbocycles. The number of rotatable bonds is 5. The number of nitrogens with zero attached hydrogens (tertiary/aromatic N) is 1. The van der Waals surface area contributed by atoms with Gasteiger partial charge in [0.2, 0.25) is 0 Å². The first-order valence-corrected chi connectivity index (χ1v) is 8.24. The first-order valence-electron chi connectivity index (χ1n) is 7.26. The summed E-state index contributed by atoms with van der Waals surface area (Å²) < 4.78 is 0.271. The van der Waals surface area contributed by atoms with Gasteiger partial charge in [0.05, 0.1) is 5.52 Å². The first kappa shape index (κ1) is 15.2. The van der Waals surface area contributed by atoms with Gasteiger partial charge in [-0.1, -0.05) is 45.9 Å². The van der Waals surface area contributed by atoms with Gasteiger partial charge in [0.25, 0.3) is 0 Å². The van der Waals surface area contributed by atoms with Crippen LogP contribution in [0.1, 0.15) is 39.7 Å². The molecule has 1 N–H and O–H groups in total. The minimum atomic E-state index is 0.271. The zero-order chi connectivity index (χ0) is 14.6. The second kappa shape index (κ2) is 6.49. The van der Waals surface area contributed by atoms with Crippen molar-refractivity contribution >= 4 is 28.5 Å². The average molecular weight is 288 g/mol. The van der Waals surface area contributed by atoms with Crippen molar-refractivity contribution in [2.24, 2.45) is 0 Å². The Morgan fingerprint density at radius 3 is 2.65 bits per heavy atom. The smallest absolute Gasteiger partial charge is 0.130 e. The lowest BCUT2D eigenvalue weighted by molar-refractivity contribution is 0.802. The lowest BCUT2D eigenvalue weighted by atomic mass is 10.1. The summed E-state index contributed by atoms with van der Waals surface area (Å²) in [6, 6.07) is 10.6. The summed E-state index contributed by atoms with van der Waals surface area (Å²) in [7, 11) is 0. The number of benzene rings is 1. The Balaban J connectivity index is 2.32. The van der Waals surface area contributed by atoms with Crippen molar-refractivity contribution < 1.29 is 0 Å². The number of hydrogen-bond donors (Lipinski definition) is 1. The van der Waals surface area contributed by atoms with E-state index in [2.05, 4.69) is 57.3 Å². The van der Waals surface area contributed by atoms with E-state index in [1.54, 1.807) is 0 Å². The van der Waals surface area contributed by atoms with Crippen LogP contribution in [0.15, 0.2) is 30.3 Å². The predicted molar refractivity (Wildman–Crippen MR) is 91.6 cm³/mol. The Kier molecular flexibility index (Phi) is 4.92. The fourth-order valence-electron chi connectivity index (χ4n) is 1.96. The Labute approximate surface area is 126 Å². The van der Waals surface area contributed by atoms with E-state index in [1.165, 1.54) is 10.9 Å². The van der Waals surface area contributed by atoms with E-state index in [0.29, 0.717) is 0 Å². The number of thioether (sulfide) groups is 1. The van der Waals surface area contributed by atoms with Crippen LogP contribution < -0.4 is 5.32 Å². The standard InChI is InChI=1S/C17H24N2S/c1-5-10-18-16-14(12-20-17(2,3)4)11-13-8-6-7-9-15(13)19-16/h6-9,11H,5,10,12H2,1-4H3,(H,18,19). The molecule has 0 aliphatic heterocycles. The number of hydrogen-bond acceptors (Lipinski definition) is 3. The second-order valence-corrected chi connectivity index (χ2v) is 7.82. The van der Waals surface area contributed by atoms with Crippen LogP contribution in [0, 0.1) is 0 Å². The van der Waals surface area contributed by atoms with Crippen molar-refractivity contribution in [1.82, 2.24) is 4.98 Å². The zero-order valence-corrected chi connectivity index (χ0v) is 13.7. The lowest BCUT2D eigenvalue weighted by Crippen LogP contribution is -2.10. The van der Waals surface area contributed by atoms with Crippen molar-refractivity contribution in [3.8, 4) is 0 Å². The normalized spacial score (nSPS) is 11.8. The molecule has 0 saturated carbocycles. The molecule has 2 aromatic rings.